The van der Waals surface area contributed by atoms with Crippen molar-refractivity contribution in [2.75, 3.05) is 0 Å². The minimum absolute atomic E-state index is 0.222. The lowest BCUT2D eigenvalue weighted by molar-refractivity contribution is 0.614. The van der Waals surface area contributed by atoms with Crippen molar-refractivity contribution in [3.8, 4) is 17.4 Å². The van der Waals surface area contributed by atoms with E-state index in [9.17, 15) is 14.4 Å². The molecule has 0 spiro atoms. The number of benzene rings is 2. The van der Waals surface area contributed by atoms with Gasteiger partial charge in [-0.25, -0.2) is 4.39 Å². The molecule has 0 aliphatic rings. The fraction of sp³-hybridized carbons (Fsp3) is 0.111. The fourth-order valence-electron chi connectivity index (χ4n) is 2.41. The van der Waals surface area contributed by atoms with Crippen LogP contribution in [0.25, 0.3) is 22.3 Å². The van der Waals surface area contributed by atoms with Crippen LogP contribution in [0.5, 0.6) is 0 Å². The summed E-state index contributed by atoms with van der Waals surface area (Å²) in [6.07, 6.45) is 0. The van der Waals surface area contributed by atoms with Gasteiger partial charge in [0.15, 0.2) is 11.0 Å². The number of rotatable bonds is 1. The SMILES string of the molecule is Cc1cc2c(=O)cc(-c3ccc(F)cc3)oc2c(C#N)c1C. The Morgan fingerprint density at radius 3 is 2.45 bits per heavy atom. The van der Waals surface area contributed by atoms with Gasteiger partial charge < -0.3 is 4.42 Å². The summed E-state index contributed by atoms with van der Waals surface area (Å²) in [6, 6.07) is 10.9. The third kappa shape index (κ3) is 2.17. The molecule has 3 nitrogen and oxygen atoms in total. The van der Waals surface area contributed by atoms with E-state index in [1.807, 2.05) is 13.8 Å². The molecule has 0 aliphatic carbocycles. The second kappa shape index (κ2) is 5.12. The van der Waals surface area contributed by atoms with Crippen molar-refractivity contribution in [3.63, 3.8) is 0 Å². The molecule has 0 saturated heterocycles. The van der Waals surface area contributed by atoms with E-state index in [4.69, 9.17) is 4.42 Å². The summed E-state index contributed by atoms with van der Waals surface area (Å²) in [4.78, 5) is 12.3. The highest BCUT2D eigenvalue weighted by atomic mass is 19.1. The lowest BCUT2D eigenvalue weighted by atomic mass is 10.00. The molecule has 0 fully saturated rings. The van der Waals surface area contributed by atoms with Crippen molar-refractivity contribution in [2.45, 2.75) is 13.8 Å². The van der Waals surface area contributed by atoms with E-state index >= 15 is 0 Å². The molecule has 2 aromatic carbocycles. The van der Waals surface area contributed by atoms with E-state index in [0.717, 1.165) is 11.1 Å². The normalized spacial score (nSPS) is 10.6. The van der Waals surface area contributed by atoms with Crippen LogP contribution in [-0.4, -0.2) is 0 Å². The summed E-state index contributed by atoms with van der Waals surface area (Å²) >= 11 is 0. The lowest BCUT2D eigenvalue weighted by Crippen LogP contribution is -2.03. The summed E-state index contributed by atoms with van der Waals surface area (Å²) in [5.74, 6) is -0.0478. The van der Waals surface area contributed by atoms with Crippen LogP contribution in [0.1, 0.15) is 16.7 Å². The average Bonchev–Trinajstić information content (AvgIpc) is 2.50. The molecule has 0 amide bonds. The van der Waals surface area contributed by atoms with Crippen molar-refractivity contribution in [1.82, 2.24) is 0 Å². The molecule has 0 radical (unpaired) electrons. The van der Waals surface area contributed by atoms with Gasteiger partial charge in [0.25, 0.3) is 0 Å². The number of hydrogen-bond donors (Lipinski definition) is 0. The Morgan fingerprint density at radius 2 is 1.82 bits per heavy atom. The van der Waals surface area contributed by atoms with Crippen molar-refractivity contribution in [2.24, 2.45) is 0 Å². The van der Waals surface area contributed by atoms with E-state index in [-0.39, 0.29) is 16.8 Å². The maximum absolute atomic E-state index is 13.0. The van der Waals surface area contributed by atoms with Gasteiger partial charge in [-0.05, 0) is 55.3 Å². The molecule has 0 unspecified atom stereocenters. The number of nitriles is 1. The van der Waals surface area contributed by atoms with Crippen LogP contribution in [0.3, 0.4) is 0 Å². The second-order valence-corrected chi connectivity index (χ2v) is 5.16. The topological polar surface area (TPSA) is 54.0 Å². The van der Waals surface area contributed by atoms with E-state index in [2.05, 4.69) is 6.07 Å². The minimum Gasteiger partial charge on any atom is -0.454 e. The first-order valence-electron chi connectivity index (χ1n) is 6.75. The van der Waals surface area contributed by atoms with Gasteiger partial charge in [-0.1, -0.05) is 0 Å². The molecule has 0 atom stereocenters. The van der Waals surface area contributed by atoms with Crippen LogP contribution in [0.2, 0.25) is 0 Å². The van der Waals surface area contributed by atoms with Crippen molar-refractivity contribution < 1.29 is 8.81 Å². The molecule has 4 heteroatoms. The molecule has 0 bridgehead atoms. The first-order chi connectivity index (χ1) is 10.5. The quantitative estimate of drug-likeness (QED) is 0.679. The van der Waals surface area contributed by atoms with Gasteiger partial charge in [0.1, 0.15) is 17.6 Å². The summed E-state index contributed by atoms with van der Waals surface area (Å²) in [5.41, 5.74) is 2.65. The number of nitrogens with zero attached hydrogens (tertiary/aromatic N) is 1. The van der Waals surface area contributed by atoms with Crippen molar-refractivity contribution in [1.29, 1.82) is 5.26 Å². The Morgan fingerprint density at radius 1 is 1.14 bits per heavy atom. The van der Waals surface area contributed by atoms with Gasteiger partial charge >= 0.3 is 0 Å². The van der Waals surface area contributed by atoms with Gasteiger partial charge in [0.2, 0.25) is 0 Å². The zero-order chi connectivity index (χ0) is 15.9. The highest BCUT2D eigenvalue weighted by molar-refractivity contribution is 5.86. The molecule has 3 aromatic rings. The molecular formula is C18H12FNO2. The van der Waals surface area contributed by atoms with Crippen LogP contribution in [0.15, 0.2) is 45.6 Å². The van der Waals surface area contributed by atoms with Crippen molar-refractivity contribution in [3.05, 3.63) is 69.1 Å². The standard InChI is InChI=1S/C18H12FNO2/c1-10-7-14-16(21)8-17(12-3-5-13(19)6-4-12)22-18(14)15(9-20)11(10)2/h3-8H,1-2H3. The second-order valence-electron chi connectivity index (χ2n) is 5.16. The maximum atomic E-state index is 13.0. The maximum Gasteiger partial charge on any atom is 0.193 e. The number of hydrogen-bond acceptors (Lipinski definition) is 3. The van der Waals surface area contributed by atoms with Gasteiger partial charge in [0.05, 0.1) is 10.9 Å². The first kappa shape index (κ1) is 14.0. The van der Waals surface area contributed by atoms with Gasteiger partial charge in [-0.2, -0.15) is 5.26 Å². The monoisotopic (exact) mass is 293 g/mol. The number of fused-ring (bicyclic) bond motifs is 1. The van der Waals surface area contributed by atoms with E-state index in [0.29, 0.717) is 22.3 Å². The third-order valence-corrected chi connectivity index (χ3v) is 3.78. The summed E-state index contributed by atoms with van der Waals surface area (Å²) in [5, 5.41) is 9.75. The molecule has 22 heavy (non-hydrogen) atoms. The summed E-state index contributed by atoms with van der Waals surface area (Å²) in [7, 11) is 0. The highest BCUT2D eigenvalue weighted by Gasteiger charge is 2.14. The minimum atomic E-state index is -0.365. The molecule has 0 N–H and O–H groups in total. The van der Waals surface area contributed by atoms with Crippen LogP contribution in [0.4, 0.5) is 4.39 Å². The Labute approximate surface area is 126 Å². The molecule has 0 saturated carbocycles. The highest BCUT2D eigenvalue weighted by Crippen LogP contribution is 2.27. The van der Waals surface area contributed by atoms with E-state index < -0.39 is 0 Å². The van der Waals surface area contributed by atoms with E-state index in [1.54, 1.807) is 6.07 Å². The molecule has 0 aliphatic heterocycles. The lowest BCUT2D eigenvalue weighted by Gasteiger charge is -2.08. The zero-order valence-corrected chi connectivity index (χ0v) is 12.1. The average molecular weight is 293 g/mol. The number of aryl methyl sites for hydroxylation is 1. The summed E-state index contributed by atoms with van der Waals surface area (Å²) < 4.78 is 18.8. The summed E-state index contributed by atoms with van der Waals surface area (Å²) in [6.45, 7) is 3.67. The van der Waals surface area contributed by atoms with Crippen LogP contribution < -0.4 is 5.43 Å². The molecular weight excluding hydrogens is 281 g/mol. The molecule has 1 aromatic heterocycles. The smallest absolute Gasteiger partial charge is 0.193 e. The number of halogens is 1. The Hall–Kier alpha value is -2.93. The Bertz CT molecular complexity index is 979. The zero-order valence-electron chi connectivity index (χ0n) is 12.1. The Kier molecular flexibility index (Phi) is 3.26. The fourth-order valence-corrected chi connectivity index (χ4v) is 2.41. The predicted molar refractivity (Wildman–Crippen MR) is 82.1 cm³/mol. The first-order valence-corrected chi connectivity index (χ1v) is 6.75. The molecule has 1 heterocycles. The van der Waals surface area contributed by atoms with Crippen LogP contribution in [0, 0.1) is 31.0 Å². The Balaban J connectivity index is 2.37. The third-order valence-electron chi connectivity index (χ3n) is 3.78. The predicted octanol–water partition coefficient (Wildman–Crippen LogP) is 4.09. The van der Waals surface area contributed by atoms with Crippen molar-refractivity contribution >= 4 is 11.0 Å². The molecule has 3 rings (SSSR count). The molecule has 108 valence electrons. The van der Waals surface area contributed by atoms with Gasteiger partial charge in [0, 0.05) is 11.6 Å². The largest absolute Gasteiger partial charge is 0.454 e. The van der Waals surface area contributed by atoms with E-state index in [1.165, 1.54) is 30.3 Å². The van der Waals surface area contributed by atoms with Gasteiger partial charge in [-0.15, -0.1) is 0 Å². The van der Waals surface area contributed by atoms with Crippen LogP contribution in [-0.2, 0) is 0 Å². The van der Waals surface area contributed by atoms with Gasteiger partial charge in [-0.3, -0.25) is 4.79 Å². The van der Waals surface area contributed by atoms with Crippen LogP contribution >= 0.6 is 0 Å².